The number of urea groups is 1. The highest BCUT2D eigenvalue weighted by Gasteiger charge is 2.58. The Morgan fingerprint density at radius 2 is 1.96 bits per heavy atom. The lowest BCUT2D eigenvalue weighted by Gasteiger charge is -2.42. The summed E-state index contributed by atoms with van der Waals surface area (Å²) in [6, 6.07) is 14.2. The minimum Gasteiger partial charge on any atom is -0.493 e. The number of rotatable bonds is 2. The van der Waals surface area contributed by atoms with Gasteiger partial charge in [0.25, 0.3) is 5.91 Å². The summed E-state index contributed by atoms with van der Waals surface area (Å²) >= 11 is 6.18. The first-order valence-corrected chi connectivity index (χ1v) is 8.54. The number of amides is 3. The first-order valence-electron chi connectivity index (χ1n) is 8.16. The van der Waals surface area contributed by atoms with Crippen LogP contribution in [-0.4, -0.2) is 23.4 Å². The lowest BCUT2D eigenvalue weighted by atomic mass is 9.82. The highest BCUT2D eigenvalue weighted by molar-refractivity contribution is 6.30. The van der Waals surface area contributed by atoms with Crippen LogP contribution < -0.4 is 10.1 Å². The zero-order valence-corrected chi connectivity index (χ0v) is 14.4. The van der Waals surface area contributed by atoms with Crippen molar-refractivity contribution in [3.8, 4) is 5.75 Å². The van der Waals surface area contributed by atoms with E-state index >= 15 is 0 Å². The van der Waals surface area contributed by atoms with E-state index in [2.05, 4.69) is 5.32 Å². The number of fused-ring (bicyclic) bond motifs is 2. The van der Waals surface area contributed by atoms with E-state index in [9.17, 15) is 9.59 Å². The molecule has 1 saturated heterocycles. The molecule has 4 rings (SSSR count). The van der Waals surface area contributed by atoms with Gasteiger partial charge in [0.1, 0.15) is 5.75 Å². The SMILES string of the molecule is C[C@@H](c1ccccc1)N1C(=O)NC(=O)[C@@]12CCOc1ccc(Cl)cc12. The van der Waals surface area contributed by atoms with E-state index in [0.29, 0.717) is 29.4 Å². The molecule has 2 heterocycles. The number of hydrogen-bond acceptors (Lipinski definition) is 3. The molecule has 2 atom stereocenters. The molecular formula is C19H17ClN2O3. The predicted molar refractivity (Wildman–Crippen MR) is 93.5 cm³/mol. The van der Waals surface area contributed by atoms with Crippen molar-refractivity contribution in [2.24, 2.45) is 0 Å². The Kier molecular flexibility index (Phi) is 3.69. The van der Waals surface area contributed by atoms with E-state index in [1.807, 2.05) is 37.3 Å². The lowest BCUT2D eigenvalue weighted by molar-refractivity contribution is -0.129. The maximum atomic E-state index is 12.9. The van der Waals surface area contributed by atoms with Crippen LogP contribution >= 0.6 is 11.6 Å². The van der Waals surface area contributed by atoms with E-state index < -0.39 is 11.6 Å². The molecule has 25 heavy (non-hydrogen) atoms. The van der Waals surface area contributed by atoms with Gasteiger partial charge in [0.2, 0.25) is 0 Å². The van der Waals surface area contributed by atoms with Gasteiger partial charge >= 0.3 is 6.03 Å². The Hall–Kier alpha value is -2.53. The van der Waals surface area contributed by atoms with Gasteiger partial charge in [0.15, 0.2) is 5.54 Å². The van der Waals surface area contributed by atoms with Crippen molar-refractivity contribution in [3.63, 3.8) is 0 Å². The van der Waals surface area contributed by atoms with E-state index in [4.69, 9.17) is 16.3 Å². The summed E-state index contributed by atoms with van der Waals surface area (Å²) in [7, 11) is 0. The molecule has 5 nitrogen and oxygen atoms in total. The number of imide groups is 1. The molecule has 0 aromatic heterocycles. The molecule has 2 aromatic rings. The summed E-state index contributed by atoms with van der Waals surface area (Å²) in [6.45, 7) is 2.28. The largest absolute Gasteiger partial charge is 0.493 e. The average Bonchev–Trinajstić information content (AvgIpc) is 2.86. The summed E-state index contributed by atoms with van der Waals surface area (Å²) in [5.41, 5.74) is 0.490. The van der Waals surface area contributed by atoms with Crippen molar-refractivity contribution in [1.29, 1.82) is 0 Å². The van der Waals surface area contributed by atoms with E-state index in [1.165, 1.54) is 0 Å². The molecule has 6 heteroatoms. The fraction of sp³-hybridized carbons (Fsp3) is 0.263. The molecular weight excluding hydrogens is 340 g/mol. The summed E-state index contributed by atoms with van der Waals surface area (Å²) < 4.78 is 5.71. The van der Waals surface area contributed by atoms with Crippen LogP contribution in [-0.2, 0) is 10.3 Å². The molecule has 0 radical (unpaired) electrons. The molecule has 0 aliphatic carbocycles. The van der Waals surface area contributed by atoms with Crippen molar-refractivity contribution in [2.75, 3.05) is 6.61 Å². The van der Waals surface area contributed by atoms with Crippen LogP contribution in [0.25, 0.3) is 0 Å². The second kappa shape index (κ2) is 5.77. The number of benzene rings is 2. The van der Waals surface area contributed by atoms with Gasteiger partial charge in [0.05, 0.1) is 12.6 Å². The molecule has 1 spiro atoms. The molecule has 1 N–H and O–H groups in total. The molecule has 0 saturated carbocycles. The second-order valence-corrected chi connectivity index (χ2v) is 6.75. The highest BCUT2D eigenvalue weighted by Crippen LogP contribution is 2.48. The third kappa shape index (κ3) is 2.30. The van der Waals surface area contributed by atoms with Gasteiger partial charge in [-0.1, -0.05) is 41.9 Å². The summed E-state index contributed by atoms with van der Waals surface area (Å²) in [5, 5.41) is 2.99. The quantitative estimate of drug-likeness (QED) is 0.836. The highest BCUT2D eigenvalue weighted by atomic mass is 35.5. The molecule has 0 unspecified atom stereocenters. The van der Waals surface area contributed by atoms with Crippen molar-refractivity contribution in [3.05, 3.63) is 64.7 Å². The van der Waals surface area contributed by atoms with Gasteiger partial charge < -0.3 is 4.74 Å². The van der Waals surface area contributed by atoms with E-state index in [-0.39, 0.29) is 11.9 Å². The fourth-order valence-electron chi connectivity index (χ4n) is 3.81. The first kappa shape index (κ1) is 16.0. The van der Waals surface area contributed by atoms with Gasteiger partial charge in [-0.2, -0.15) is 0 Å². The topological polar surface area (TPSA) is 58.6 Å². The number of halogens is 1. The smallest absolute Gasteiger partial charge is 0.325 e. The van der Waals surface area contributed by atoms with Crippen LogP contribution in [0.5, 0.6) is 5.75 Å². The van der Waals surface area contributed by atoms with Crippen LogP contribution in [0.4, 0.5) is 4.79 Å². The molecule has 3 amide bonds. The molecule has 2 aromatic carbocycles. The third-order valence-corrected chi connectivity index (χ3v) is 5.24. The van der Waals surface area contributed by atoms with Crippen molar-refractivity contribution < 1.29 is 14.3 Å². The normalized spacial score (nSPS) is 23.2. The Balaban J connectivity index is 1.89. The maximum absolute atomic E-state index is 12.9. The van der Waals surface area contributed by atoms with Gasteiger partial charge in [-0.25, -0.2) is 4.79 Å². The molecule has 2 aliphatic heterocycles. The number of carbonyl (C=O) groups excluding carboxylic acids is 2. The summed E-state index contributed by atoms with van der Waals surface area (Å²) in [5.74, 6) is 0.262. The minimum atomic E-state index is -1.11. The minimum absolute atomic E-state index is 0.280. The predicted octanol–water partition coefficient (Wildman–Crippen LogP) is 3.63. The van der Waals surface area contributed by atoms with Crippen molar-refractivity contribution in [1.82, 2.24) is 10.2 Å². The van der Waals surface area contributed by atoms with Gasteiger partial charge in [0, 0.05) is 17.0 Å². The van der Waals surface area contributed by atoms with Crippen LogP contribution in [0, 0.1) is 0 Å². The van der Waals surface area contributed by atoms with Gasteiger partial charge in [-0.15, -0.1) is 0 Å². The summed E-state index contributed by atoms with van der Waals surface area (Å²) in [4.78, 5) is 27.2. The number of ether oxygens (including phenoxy) is 1. The molecule has 1 fully saturated rings. The van der Waals surface area contributed by atoms with E-state index in [0.717, 1.165) is 5.56 Å². The zero-order valence-electron chi connectivity index (χ0n) is 13.7. The number of nitrogens with one attached hydrogen (secondary N) is 1. The Morgan fingerprint density at radius 1 is 1.20 bits per heavy atom. The molecule has 2 aliphatic rings. The standard InChI is InChI=1S/C19H17ClN2O3/c1-12(13-5-3-2-4-6-13)22-18(24)21-17(23)19(22)9-10-25-16-8-7-14(20)11-15(16)19/h2-8,11-12H,9-10H2,1H3,(H,21,23,24)/t12-,19-/m0/s1. The first-order chi connectivity index (χ1) is 12.0. The van der Waals surface area contributed by atoms with Gasteiger partial charge in [-0.3, -0.25) is 15.0 Å². The van der Waals surface area contributed by atoms with Gasteiger partial charge in [-0.05, 0) is 30.7 Å². The maximum Gasteiger partial charge on any atom is 0.325 e. The fourth-order valence-corrected chi connectivity index (χ4v) is 3.98. The van der Waals surface area contributed by atoms with Crippen LogP contribution in [0.2, 0.25) is 5.02 Å². The molecule has 0 bridgehead atoms. The van der Waals surface area contributed by atoms with Crippen LogP contribution in [0.1, 0.15) is 30.5 Å². The number of hydrogen-bond donors (Lipinski definition) is 1. The van der Waals surface area contributed by atoms with Crippen molar-refractivity contribution in [2.45, 2.75) is 24.9 Å². The summed E-state index contributed by atoms with van der Waals surface area (Å²) in [6.07, 6.45) is 0.384. The lowest BCUT2D eigenvalue weighted by Crippen LogP contribution is -2.50. The van der Waals surface area contributed by atoms with E-state index in [1.54, 1.807) is 23.1 Å². The number of carbonyl (C=O) groups is 2. The Bertz CT molecular complexity index is 855. The Morgan fingerprint density at radius 3 is 2.72 bits per heavy atom. The van der Waals surface area contributed by atoms with Crippen LogP contribution in [0.15, 0.2) is 48.5 Å². The average molecular weight is 357 g/mol. The van der Waals surface area contributed by atoms with Crippen LogP contribution in [0.3, 0.4) is 0 Å². The second-order valence-electron chi connectivity index (χ2n) is 6.32. The zero-order chi connectivity index (χ0) is 17.6. The number of nitrogens with zero attached hydrogens (tertiary/aromatic N) is 1. The Labute approximate surface area is 150 Å². The third-order valence-electron chi connectivity index (χ3n) is 5.00. The molecule has 128 valence electrons. The monoisotopic (exact) mass is 356 g/mol. The van der Waals surface area contributed by atoms with Crippen molar-refractivity contribution >= 4 is 23.5 Å².